The van der Waals surface area contributed by atoms with E-state index < -0.39 is 0 Å². The maximum Gasteiger partial charge on any atom is 0.159 e. The Hall–Kier alpha value is -2.68. The van der Waals surface area contributed by atoms with E-state index in [0.29, 0.717) is 0 Å². The predicted octanol–water partition coefficient (Wildman–Crippen LogP) is 3.89. The fourth-order valence-corrected chi connectivity index (χ4v) is 1.84. The van der Waals surface area contributed by atoms with Gasteiger partial charge in [0.1, 0.15) is 0 Å². The van der Waals surface area contributed by atoms with Gasteiger partial charge in [0, 0.05) is 29.3 Å². The molecule has 3 nitrogen and oxygen atoms in total. The van der Waals surface area contributed by atoms with Crippen molar-refractivity contribution in [3.63, 3.8) is 0 Å². The summed E-state index contributed by atoms with van der Waals surface area (Å²) in [5.41, 5.74) is 3.14. The Balaban J connectivity index is 1.80. The highest BCUT2D eigenvalue weighted by Crippen LogP contribution is 2.20. The van der Waals surface area contributed by atoms with Crippen LogP contribution in [-0.2, 0) is 0 Å². The molecule has 0 spiro atoms. The summed E-state index contributed by atoms with van der Waals surface area (Å²) in [6.07, 6.45) is 3.50. The molecule has 3 rings (SSSR count). The fourth-order valence-electron chi connectivity index (χ4n) is 1.84. The molecule has 0 aliphatic heterocycles. The van der Waals surface area contributed by atoms with Crippen LogP contribution in [-0.4, -0.2) is 9.97 Å². The number of aromatic nitrogens is 2. The first-order chi connectivity index (χ1) is 9.42. The lowest BCUT2D eigenvalue weighted by Crippen LogP contribution is -1.90. The normalized spacial score (nSPS) is 10.1. The van der Waals surface area contributed by atoms with Crippen LogP contribution in [0.15, 0.2) is 73.1 Å². The van der Waals surface area contributed by atoms with Crippen molar-refractivity contribution in [1.29, 1.82) is 0 Å². The molecule has 3 aromatic rings. The lowest BCUT2D eigenvalue weighted by atomic mass is 10.2. The van der Waals surface area contributed by atoms with Gasteiger partial charge in [0.2, 0.25) is 0 Å². The third kappa shape index (κ3) is 2.77. The van der Waals surface area contributed by atoms with Gasteiger partial charge in [-0.25, -0.2) is 9.97 Å². The van der Waals surface area contributed by atoms with Gasteiger partial charge in [0.25, 0.3) is 0 Å². The van der Waals surface area contributed by atoms with E-state index in [2.05, 4.69) is 15.3 Å². The van der Waals surface area contributed by atoms with Crippen molar-refractivity contribution in [2.75, 3.05) is 5.32 Å². The number of nitrogens with zero attached hydrogens (tertiary/aromatic N) is 2. The molecule has 0 fully saturated rings. The van der Waals surface area contributed by atoms with Crippen LogP contribution in [0.4, 0.5) is 11.4 Å². The number of hydrogen-bond acceptors (Lipinski definition) is 3. The minimum Gasteiger partial charge on any atom is -0.356 e. The van der Waals surface area contributed by atoms with E-state index in [1.54, 1.807) is 12.4 Å². The summed E-state index contributed by atoms with van der Waals surface area (Å²) >= 11 is 0. The number of anilines is 2. The van der Waals surface area contributed by atoms with E-state index in [1.807, 2.05) is 60.7 Å². The van der Waals surface area contributed by atoms with Crippen LogP contribution in [0.2, 0.25) is 0 Å². The molecular weight excluding hydrogens is 234 g/mol. The SMILES string of the molecule is c1ccc(Nc2ccc(-c3ncccn3)cc2)cc1. The number of benzene rings is 2. The molecule has 0 saturated carbocycles. The maximum atomic E-state index is 4.23. The first-order valence-corrected chi connectivity index (χ1v) is 6.11. The Morgan fingerprint density at radius 1 is 0.632 bits per heavy atom. The number of para-hydroxylation sites is 1. The second-order valence-corrected chi connectivity index (χ2v) is 4.14. The number of nitrogens with one attached hydrogen (secondary N) is 1. The Bertz CT molecular complexity index is 634. The van der Waals surface area contributed by atoms with Crippen molar-refractivity contribution in [2.24, 2.45) is 0 Å². The van der Waals surface area contributed by atoms with Crippen LogP contribution < -0.4 is 5.32 Å². The van der Waals surface area contributed by atoms with Crippen LogP contribution in [0, 0.1) is 0 Å². The van der Waals surface area contributed by atoms with Gasteiger partial charge in [0.15, 0.2) is 5.82 Å². The molecule has 0 aliphatic rings. The Morgan fingerprint density at radius 2 is 1.26 bits per heavy atom. The highest BCUT2D eigenvalue weighted by Gasteiger charge is 1.99. The first-order valence-electron chi connectivity index (χ1n) is 6.11. The van der Waals surface area contributed by atoms with Crippen molar-refractivity contribution in [1.82, 2.24) is 9.97 Å². The van der Waals surface area contributed by atoms with Crippen LogP contribution in [0.1, 0.15) is 0 Å². The van der Waals surface area contributed by atoms with Gasteiger partial charge in [-0.3, -0.25) is 0 Å². The zero-order valence-corrected chi connectivity index (χ0v) is 10.3. The molecule has 1 heterocycles. The molecule has 0 unspecified atom stereocenters. The second kappa shape index (κ2) is 5.31. The summed E-state index contributed by atoms with van der Waals surface area (Å²) in [5, 5.41) is 3.34. The summed E-state index contributed by atoms with van der Waals surface area (Å²) in [6.45, 7) is 0. The summed E-state index contributed by atoms with van der Waals surface area (Å²) < 4.78 is 0. The molecule has 1 aromatic heterocycles. The fraction of sp³-hybridized carbons (Fsp3) is 0. The third-order valence-electron chi connectivity index (χ3n) is 2.77. The van der Waals surface area contributed by atoms with Crippen molar-refractivity contribution >= 4 is 11.4 Å². The largest absolute Gasteiger partial charge is 0.356 e. The van der Waals surface area contributed by atoms with Crippen LogP contribution in [0.25, 0.3) is 11.4 Å². The van der Waals surface area contributed by atoms with Crippen molar-refractivity contribution < 1.29 is 0 Å². The summed E-state index contributed by atoms with van der Waals surface area (Å²) in [5.74, 6) is 0.744. The lowest BCUT2D eigenvalue weighted by molar-refractivity contribution is 1.18. The third-order valence-corrected chi connectivity index (χ3v) is 2.77. The molecule has 0 atom stereocenters. The Labute approximate surface area is 112 Å². The highest BCUT2D eigenvalue weighted by molar-refractivity contribution is 5.64. The lowest BCUT2D eigenvalue weighted by Gasteiger charge is -2.06. The molecule has 2 aromatic carbocycles. The molecule has 0 aliphatic carbocycles. The van der Waals surface area contributed by atoms with Crippen LogP contribution in [0.5, 0.6) is 0 Å². The van der Waals surface area contributed by atoms with E-state index in [4.69, 9.17) is 0 Å². The molecule has 0 saturated heterocycles. The topological polar surface area (TPSA) is 37.8 Å². The molecule has 19 heavy (non-hydrogen) atoms. The molecule has 3 heteroatoms. The summed E-state index contributed by atoms with van der Waals surface area (Å²) in [7, 11) is 0. The van der Waals surface area contributed by atoms with Gasteiger partial charge in [-0.15, -0.1) is 0 Å². The second-order valence-electron chi connectivity index (χ2n) is 4.14. The monoisotopic (exact) mass is 247 g/mol. The molecular formula is C16H13N3. The van der Waals surface area contributed by atoms with E-state index in [1.165, 1.54) is 0 Å². The minimum atomic E-state index is 0.744. The molecule has 92 valence electrons. The smallest absolute Gasteiger partial charge is 0.159 e. The molecule has 0 radical (unpaired) electrons. The zero-order valence-electron chi connectivity index (χ0n) is 10.3. The minimum absolute atomic E-state index is 0.744. The molecule has 1 N–H and O–H groups in total. The summed E-state index contributed by atoms with van der Waals surface area (Å²) in [4.78, 5) is 8.46. The first kappa shape index (κ1) is 11.4. The van der Waals surface area contributed by atoms with Gasteiger partial charge in [-0.05, 0) is 42.5 Å². The van der Waals surface area contributed by atoms with Gasteiger partial charge in [0.05, 0.1) is 0 Å². The average Bonchev–Trinajstić information content (AvgIpc) is 2.50. The maximum absolute atomic E-state index is 4.23. The standard InChI is InChI=1S/C16H13N3/c1-2-5-14(6-3-1)19-15-9-7-13(8-10-15)16-17-11-4-12-18-16/h1-12,19H. The number of rotatable bonds is 3. The van der Waals surface area contributed by atoms with Gasteiger partial charge >= 0.3 is 0 Å². The summed E-state index contributed by atoms with van der Waals surface area (Å²) in [6, 6.07) is 20.0. The van der Waals surface area contributed by atoms with E-state index in [-0.39, 0.29) is 0 Å². The van der Waals surface area contributed by atoms with Gasteiger partial charge in [-0.2, -0.15) is 0 Å². The Kier molecular flexibility index (Phi) is 3.19. The average molecular weight is 247 g/mol. The van der Waals surface area contributed by atoms with Crippen molar-refractivity contribution in [3.8, 4) is 11.4 Å². The van der Waals surface area contributed by atoms with E-state index >= 15 is 0 Å². The Morgan fingerprint density at radius 3 is 1.95 bits per heavy atom. The van der Waals surface area contributed by atoms with Gasteiger partial charge in [-0.1, -0.05) is 18.2 Å². The van der Waals surface area contributed by atoms with Crippen LogP contribution >= 0.6 is 0 Å². The zero-order chi connectivity index (χ0) is 12.9. The quantitative estimate of drug-likeness (QED) is 0.763. The molecule has 0 bridgehead atoms. The van der Waals surface area contributed by atoms with Crippen LogP contribution in [0.3, 0.4) is 0 Å². The molecule has 0 amide bonds. The van der Waals surface area contributed by atoms with Crippen molar-refractivity contribution in [2.45, 2.75) is 0 Å². The van der Waals surface area contributed by atoms with Gasteiger partial charge < -0.3 is 5.32 Å². The highest BCUT2D eigenvalue weighted by atomic mass is 14.9. The van der Waals surface area contributed by atoms with E-state index in [9.17, 15) is 0 Å². The number of hydrogen-bond donors (Lipinski definition) is 1. The van der Waals surface area contributed by atoms with Crippen molar-refractivity contribution in [3.05, 3.63) is 73.1 Å². The predicted molar refractivity (Wildman–Crippen MR) is 77.2 cm³/mol. The van der Waals surface area contributed by atoms with E-state index in [0.717, 1.165) is 22.8 Å².